The van der Waals surface area contributed by atoms with Crippen molar-refractivity contribution in [3.05, 3.63) is 0 Å². The Morgan fingerprint density at radius 1 is 1.38 bits per heavy atom. The number of aliphatic imine (C=N–C) groups is 1. The molecule has 1 aliphatic carbocycles. The second kappa shape index (κ2) is 4.88. The van der Waals surface area contributed by atoms with Crippen molar-refractivity contribution in [2.75, 3.05) is 0 Å². The van der Waals surface area contributed by atoms with Gasteiger partial charge in [0, 0.05) is 0 Å². The Morgan fingerprint density at radius 3 is 2.62 bits per heavy atom. The van der Waals surface area contributed by atoms with Crippen molar-refractivity contribution in [1.29, 1.82) is 0 Å². The number of thiocarbonyl (C=S) groups is 1. The van der Waals surface area contributed by atoms with E-state index in [4.69, 9.17) is 12.2 Å². The highest BCUT2D eigenvalue weighted by molar-refractivity contribution is 7.78. The molecule has 0 N–H and O–H groups in total. The molecule has 0 aromatic rings. The number of hydrogen-bond acceptors (Lipinski definition) is 2. The number of rotatable bonds is 2. The third-order valence-corrected chi connectivity index (χ3v) is 3.31. The highest BCUT2D eigenvalue weighted by atomic mass is 32.1. The first-order valence-corrected chi connectivity index (χ1v) is 5.63. The maximum absolute atomic E-state index is 4.69. The summed E-state index contributed by atoms with van der Waals surface area (Å²) in [5, 5.41) is 2.55. The van der Waals surface area contributed by atoms with Crippen molar-refractivity contribution < 1.29 is 0 Å². The zero-order chi connectivity index (χ0) is 9.84. The van der Waals surface area contributed by atoms with Crippen molar-refractivity contribution in [3.63, 3.8) is 0 Å². The average Bonchev–Trinajstić information content (AvgIpc) is 2.04. The number of hydrogen-bond donors (Lipinski definition) is 0. The lowest BCUT2D eigenvalue weighted by molar-refractivity contribution is 0.201. The molecule has 0 bridgehead atoms. The maximum Gasteiger partial charge on any atom is 0.0635 e. The fourth-order valence-electron chi connectivity index (χ4n) is 2.37. The first kappa shape index (κ1) is 10.9. The minimum Gasteiger partial charge on any atom is -0.229 e. The number of nitrogens with zero attached hydrogens (tertiary/aromatic N) is 1. The van der Waals surface area contributed by atoms with Crippen LogP contribution < -0.4 is 0 Å². The fraction of sp³-hybridized carbons (Fsp3) is 0.909. The Bertz CT molecular complexity index is 206. The van der Waals surface area contributed by atoms with E-state index in [0.717, 1.165) is 17.8 Å². The summed E-state index contributed by atoms with van der Waals surface area (Å²) in [5.74, 6) is 2.27. The summed E-state index contributed by atoms with van der Waals surface area (Å²) in [6, 6.07) is 0.446. The Morgan fingerprint density at radius 2 is 2.08 bits per heavy atom. The van der Waals surface area contributed by atoms with Crippen LogP contribution in [0.25, 0.3) is 0 Å². The van der Waals surface area contributed by atoms with Crippen LogP contribution in [0.4, 0.5) is 0 Å². The minimum absolute atomic E-state index is 0.446. The molecule has 13 heavy (non-hydrogen) atoms. The van der Waals surface area contributed by atoms with Crippen LogP contribution in [0.5, 0.6) is 0 Å². The molecule has 1 aliphatic rings. The van der Waals surface area contributed by atoms with E-state index in [1.165, 1.54) is 19.3 Å². The monoisotopic (exact) mass is 197 g/mol. The molecule has 2 heteroatoms. The molecule has 1 nitrogen and oxygen atoms in total. The molecule has 0 radical (unpaired) electrons. The summed E-state index contributed by atoms with van der Waals surface area (Å²) in [7, 11) is 0. The van der Waals surface area contributed by atoms with E-state index in [2.05, 4.69) is 30.9 Å². The van der Waals surface area contributed by atoms with Crippen LogP contribution in [-0.2, 0) is 0 Å². The normalized spacial score (nSPS) is 34.3. The van der Waals surface area contributed by atoms with Gasteiger partial charge in [0.1, 0.15) is 0 Å². The lowest BCUT2D eigenvalue weighted by Gasteiger charge is -2.34. The smallest absolute Gasteiger partial charge is 0.0635 e. The second-order valence-electron chi connectivity index (χ2n) is 4.61. The van der Waals surface area contributed by atoms with Crippen LogP contribution in [-0.4, -0.2) is 11.2 Å². The summed E-state index contributed by atoms with van der Waals surface area (Å²) in [6.45, 7) is 6.88. The molecule has 0 spiro atoms. The van der Waals surface area contributed by atoms with Crippen molar-refractivity contribution in [1.82, 2.24) is 0 Å². The Balaban J connectivity index is 2.65. The van der Waals surface area contributed by atoms with Crippen LogP contribution >= 0.6 is 12.2 Å². The standard InChI is InChI=1S/C11H19NS/c1-8(2)10-5-4-9(3)6-11(10)12-7-13/h8-11H,4-6H2,1-3H3/t9-,10+,11-/m1/s1. The van der Waals surface area contributed by atoms with Gasteiger partial charge in [0.2, 0.25) is 0 Å². The molecule has 0 aromatic heterocycles. The van der Waals surface area contributed by atoms with Crippen molar-refractivity contribution >= 4 is 17.4 Å². The van der Waals surface area contributed by atoms with Gasteiger partial charge in [-0.2, -0.15) is 0 Å². The van der Waals surface area contributed by atoms with Gasteiger partial charge in [-0.05, 0) is 42.8 Å². The molecule has 0 heterocycles. The van der Waals surface area contributed by atoms with Crippen LogP contribution in [0.1, 0.15) is 40.0 Å². The summed E-state index contributed by atoms with van der Waals surface area (Å²) in [6.07, 6.45) is 3.86. The first-order chi connectivity index (χ1) is 6.15. The SMILES string of the molecule is CC(C)[C@@H]1CC[C@@H](C)C[C@H]1N=C=S. The van der Waals surface area contributed by atoms with Gasteiger partial charge >= 0.3 is 0 Å². The van der Waals surface area contributed by atoms with Gasteiger partial charge in [-0.25, -0.2) is 4.99 Å². The highest BCUT2D eigenvalue weighted by Crippen LogP contribution is 2.34. The molecule has 74 valence electrons. The fourth-order valence-corrected chi connectivity index (χ4v) is 2.50. The maximum atomic E-state index is 4.69. The van der Waals surface area contributed by atoms with E-state index in [9.17, 15) is 0 Å². The van der Waals surface area contributed by atoms with E-state index in [-0.39, 0.29) is 0 Å². The van der Waals surface area contributed by atoms with E-state index in [0.29, 0.717) is 6.04 Å². The van der Waals surface area contributed by atoms with Crippen LogP contribution in [0.2, 0.25) is 0 Å². The van der Waals surface area contributed by atoms with Gasteiger partial charge < -0.3 is 0 Å². The largest absolute Gasteiger partial charge is 0.229 e. The quantitative estimate of drug-likeness (QED) is 0.487. The zero-order valence-corrected chi connectivity index (χ0v) is 9.60. The van der Waals surface area contributed by atoms with Crippen LogP contribution in [0.15, 0.2) is 4.99 Å². The van der Waals surface area contributed by atoms with Crippen LogP contribution in [0, 0.1) is 17.8 Å². The van der Waals surface area contributed by atoms with Gasteiger partial charge in [-0.3, -0.25) is 0 Å². The molecule has 0 aliphatic heterocycles. The predicted octanol–water partition coefficient (Wildman–Crippen LogP) is 3.55. The van der Waals surface area contributed by atoms with E-state index >= 15 is 0 Å². The molecular formula is C11H19NS. The highest BCUT2D eigenvalue weighted by Gasteiger charge is 2.29. The molecule has 0 saturated heterocycles. The lowest BCUT2D eigenvalue weighted by atomic mass is 9.74. The molecule has 1 fully saturated rings. The summed E-state index contributed by atoms with van der Waals surface area (Å²) in [4.78, 5) is 4.30. The van der Waals surface area contributed by atoms with Gasteiger partial charge in [0.25, 0.3) is 0 Å². The number of isothiocyanates is 1. The predicted molar refractivity (Wildman–Crippen MR) is 60.2 cm³/mol. The summed E-state index contributed by atoms with van der Waals surface area (Å²) >= 11 is 4.69. The van der Waals surface area contributed by atoms with Crippen LogP contribution in [0.3, 0.4) is 0 Å². The lowest BCUT2D eigenvalue weighted by Crippen LogP contribution is -2.30. The van der Waals surface area contributed by atoms with Gasteiger partial charge in [0.15, 0.2) is 0 Å². The molecule has 0 unspecified atom stereocenters. The first-order valence-electron chi connectivity index (χ1n) is 5.22. The molecule has 0 amide bonds. The summed E-state index contributed by atoms with van der Waals surface area (Å²) in [5.41, 5.74) is 0. The van der Waals surface area contributed by atoms with E-state index in [1.54, 1.807) is 0 Å². The topological polar surface area (TPSA) is 12.4 Å². The van der Waals surface area contributed by atoms with Crippen molar-refractivity contribution in [2.24, 2.45) is 22.7 Å². The molecule has 1 saturated carbocycles. The Kier molecular flexibility index (Phi) is 4.08. The van der Waals surface area contributed by atoms with Crippen molar-refractivity contribution in [2.45, 2.75) is 46.1 Å². The van der Waals surface area contributed by atoms with Crippen molar-refractivity contribution in [3.8, 4) is 0 Å². The minimum atomic E-state index is 0.446. The zero-order valence-electron chi connectivity index (χ0n) is 8.79. The third-order valence-electron chi connectivity index (χ3n) is 3.21. The van der Waals surface area contributed by atoms with E-state index in [1.807, 2.05) is 0 Å². The van der Waals surface area contributed by atoms with Gasteiger partial charge in [-0.1, -0.05) is 27.2 Å². The van der Waals surface area contributed by atoms with Gasteiger partial charge in [0.05, 0.1) is 11.2 Å². The molecule has 3 atom stereocenters. The summed E-state index contributed by atoms with van der Waals surface area (Å²) < 4.78 is 0. The molecule has 0 aromatic carbocycles. The Labute approximate surface area is 86.6 Å². The average molecular weight is 197 g/mol. The molecule has 1 rings (SSSR count). The second-order valence-corrected chi connectivity index (χ2v) is 4.80. The molecular weight excluding hydrogens is 178 g/mol. The van der Waals surface area contributed by atoms with Gasteiger partial charge in [-0.15, -0.1) is 0 Å². The Hall–Kier alpha value is -0.200. The third kappa shape index (κ3) is 2.89. The van der Waals surface area contributed by atoms with E-state index < -0.39 is 0 Å².